The quantitative estimate of drug-likeness (QED) is 0.507. The number of hydrogen-bond donors (Lipinski definition) is 1. The summed E-state index contributed by atoms with van der Waals surface area (Å²) in [5, 5.41) is 0. The van der Waals surface area contributed by atoms with Crippen LogP contribution in [0.5, 0.6) is 11.5 Å². The van der Waals surface area contributed by atoms with E-state index in [1.54, 1.807) is 42.5 Å². The lowest BCUT2D eigenvalue weighted by Crippen LogP contribution is -1.92. The van der Waals surface area contributed by atoms with Gasteiger partial charge in [-0.1, -0.05) is 18.9 Å². The van der Waals surface area contributed by atoms with E-state index >= 15 is 0 Å². The monoisotopic (exact) mass is 329 g/mol. The van der Waals surface area contributed by atoms with Gasteiger partial charge in [0.1, 0.15) is 17.3 Å². The Balaban J connectivity index is 1.80. The number of nitrogens with one attached hydrogen (secondary N) is 1. The number of ether oxygens (including phenoxy) is 1. The second-order valence-corrected chi connectivity index (χ2v) is 5.84. The van der Waals surface area contributed by atoms with Crippen LogP contribution in [-0.2, 0) is 0 Å². The van der Waals surface area contributed by atoms with Crippen LogP contribution in [0.25, 0.3) is 11.0 Å². The summed E-state index contributed by atoms with van der Waals surface area (Å²) in [6, 6.07) is 9.98. The van der Waals surface area contributed by atoms with Crippen LogP contribution in [0.4, 0.5) is 10.1 Å². The van der Waals surface area contributed by atoms with E-state index in [9.17, 15) is 4.39 Å². The summed E-state index contributed by atoms with van der Waals surface area (Å²) in [5.74, 6) is 1.64. The van der Waals surface area contributed by atoms with Gasteiger partial charge in [-0.15, -0.1) is 0 Å². The molecule has 0 atom stereocenters. The minimum atomic E-state index is -0.345. The largest absolute Gasteiger partial charge is 0.457 e. The molecule has 0 amide bonds. The molecular formula is C17H16FN3OS. The van der Waals surface area contributed by atoms with Gasteiger partial charge in [0.15, 0.2) is 0 Å². The van der Waals surface area contributed by atoms with Gasteiger partial charge in [-0.25, -0.2) is 4.39 Å². The van der Waals surface area contributed by atoms with Gasteiger partial charge in [0.25, 0.3) is 0 Å². The van der Waals surface area contributed by atoms with E-state index in [-0.39, 0.29) is 5.82 Å². The minimum Gasteiger partial charge on any atom is -0.457 e. The first-order valence-electron chi connectivity index (χ1n) is 7.31. The fourth-order valence-corrected chi connectivity index (χ4v) is 2.65. The second-order valence-electron chi connectivity index (χ2n) is 4.94. The molecule has 118 valence electrons. The van der Waals surface area contributed by atoms with Crippen molar-refractivity contribution in [3.05, 3.63) is 54.6 Å². The number of nitrogens with zero attached hydrogens (tertiary/aromatic N) is 2. The molecule has 1 heterocycles. The smallest absolute Gasteiger partial charge is 0.132 e. The molecule has 4 nitrogen and oxygen atoms in total. The molecule has 0 saturated carbocycles. The van der Waals surface area contributed by atoms with Crippen molar-refractivity contribution < 1.29 is 9.13 Å². The highest BCUT2D eigenvalue weighted by molar-refractivity contribution is 8.00. The summed E-state index contributed by atoms with van der Waals surface area (Å²) in [5.41, 5.74) is 2.20. The Morgan fingerprint density at radius 3 is 2.70 bits per heavy atom. The molecule has 0 unspecified atom stereocenters. The summed E-state index contributed by atoms with van der Waals surface area (Å²) in [4.78, 5) is 8.44. The molecule has 0 saturated heterocycles. The van der Waals surface area contributed by atoms with Gasteiger partial charge in [0.05, 0.1) is 16.7 Å². The van der Waals surface area contributed by atoms with Crippen LogP contribution in [0.2, 0.25) is 0 Å². The van der Waals surface area contributed by atoms with Crippen LogP contribution in [0.15, 0.2) is 48.8 Å². The number of fused-ring (bicyclic) bond motifs is 1. The maximum Gasteiger partial charge on any atom is 0.132 e. The molecule has 1 N–H and O–H groups in total. The van der Waals surface area contributed by atoms with Crippen LogP contribution in [0.3, 0.4) is 0 Å². The third-order valence-corrected chi connectivity index (χ3v) is 4.04. The van der Waals surface area contributed by atoms with Crippen LogP contribution in [-0.4, -0.2) is 15.7 Å². The molecule has 2 aromatic carbocycles. The molecule has 0 aliphatic carbocycles. The van der Waals surface area contributed by atoms with E-state index in [0.717, 1.165) is 23.2 Å². The van der Waals surface area contributed by atoms with Crippen LogP contribution >= 0.6 is 11.9 Å². The third kappa shape index (κ3) is 4.10. The summed E-state index contributed by atoms with van der Waals surface area (Å²) >= 11 is 1.54. The lowest BCUT2D eigenvalue weighted by Gasteiger charge is -2.10. The van der Waals surface area contributed by atoms with E-state index in [2.05, 4.69) is 21.6 Å². The molecule has 6 heteroatoms. The predicted molar refractivity (Wildman–Crippen MR) is 92.4 cm³/mol. The fourth-order valence-electron chi connectivity index (χ4n) is 2.06. The highest BCUT2D eigenvalue weighted by Crippen LogP contribution is 2.28. The van der Waals surface area contributed by atoms with Gasteiger partial charge < -0.3 is 9.46 Å². The Hall–Kier alpha value is -2.34. The SMILES string of the molecule is CCCSNc1cc(F)cc(Oc2ccc3nccnc3c2)c1. The molecule has 0 aliphatic rings. The number of benzene rings is 2. The number of anilines is 1. The summed E-state index contributed by atoms with van der Waals surface area (Å²) in [7, 11) is 0. The normalized spacial score (nSPS) is 10.7. The molecule has 0 fully saturated rings. The minimum absolute atomic E-state index is 0.345. The number of hydrogen-bond acceptors (Lipinski definition) is 5. The molecule has 0 bridgehead atoms. The average Bonchev–Trinajstić information content (AvgIpc) is 2.54. The average molecular weight is 329 g/mol. The zero-order valence-corrected chi connectivity index (χ0v) is 13.4. The third-order valence-electron chi connectivity index (χ3n) is 3.04. The van der Waals surface area contributed by atoms with Crippen molar-refractivity contribution in [2.24, 2.45) is 0 Å². The lowest BCUT2D eigenvalue weighted by atomic mass is 10.2. The predicted octanol–water partition coefficient (Wildman–Crippen LogP) is 5.03. The Labute approximate surface area is 138 Å². The van der Waals surface area contributed by atoms with Gasteiger partial charge in [-0.3, -0.25) is 9.97 Å². The summed E-state index contributed by atoms with van der Waals surface area (Å²) in [6.45, 7) is 2.09. The second kappa shape index (κ2) is 7.28. The molecule has 23 heavy (non-hydrogen) atoms. The maximum atomic E-state index is 13.7. The first-order chi connectivity index (χ1) is 11.2. The zero-order valence-electron chi connectivity index (χ0n) is 12.6. The Morgan fingerprint density at radius 1 is 1.04 bits per heavy atom. The van der Waals surface area contributed by atoms with E-state index < -0.39 is 0 Å². The highest BCUT2D eigenvalue weighted by atomic mass is 32.2. The van der Waals surface area contributed by atoms with Gasteiger partial charge in [0, 0.05) is 36.3 Å². The zero-order chi connectivity index (χ0) is 16.1. The Morgan fingerprint density at radius 2 is 1.87 bits per heavy atom. The molecular weight excluding hydrogens is 313 g/mol. The first kappa shape index (κ1) is 15.6. The van der Waals surface area contributed by atoms with Gasteiger partial charge in [0.2, 0.25) is 0 Å². The van der Waals surface area contributed by atoms with Crippen molar-refractivity contribution in [3.63, 3.8) is 0 Å². The van der Waals surface area contributed by atoms with Crippen LogP contribution in [0, 0.1) is 5.82 Å². The number of aromatic nitrogens is 2. The van der Waals surface area contributed by atoms with Crippen molar-refractivity contribution in [1.29, 1.82) is 0 Å². The van der Waals surface area contributed by atoms with E-state index in [1.165, 1.54) is 12.1 Å². The van der Waals surface area contributed by atoms with Gasteiger partial charge in [-0.05, 0) is 24.6 Å². The maximum absolute atomic E-state index is 13.7. The van der Waals surface area contributed by atoms with Crippen molar-refractivity contribution in [2.75, 3.05) is 10.5 Å². The fraction of sp³-hybridized carbons (Fsp3) is 0.176. The van der Waals surface area contributed by atoms with E-state index in [4.69, 9.17) is 4.74 Å². The molecule has 3 aromatic rings. The summed E-state index contributed by atoms with van der Waals surface area (Å²) < 4.78 is 22.6. The van der Waals surface area contributed by atoms with E-state index in [1.807, 2.05) is 6.07 Å². The van der Waals surface area contributed by atoms with Gasteiger partial charge >= 0.3 is 0 Å². The molecule has 0 spiro atoms. The van der Waals surface area contributed by atoms with Crippen LogP contribution < -0.4 is 9.46 Å². The molecule has 1 aromatic heterocycles. The first-order valence-corrected chi connectivity index (χ1v) is 8.30. The van der Waals surface area contributed by atoms with Crippen molar-refractivity contribution in [2.45, 2.75) is 13.3 Å². The topological polar surface area (TPSA) is 47.0 Å². The Bertz CT molecular complexity index is 813. The summed E-state index contributed by atoms with van der Waals surface area (Å²) in [6.07, 6.45) is 4.32. The standard InChI is InChI=1S/C17H16FN3OS/c1-2-7-23-21-13-8-12(18)9-15(10-13)22-14-3-4-16-17(11-14)20-6-5-19-16/h3-6,8-11,21H,2,7H2,1H3. The lowest BCUT2D eigenvalue weighted by molar-refractivity contribution is 0.478. The van der Waals surface area contributed by atoms with Crippen LogP contribution in [0.1, 0.15) is 13.3 Å². The van der Waals surface area contributed by atoms with Crippen molar-refractivity contribution >= 4 is 28.7 Å². The molecule has 3 rings (SSSR count). The molecule has 0 radical (unpaired) electrons. The van der Waals surface area contributed by atoms with Crippen molar-refractivity contribution in [1.82, 2.24) is 9.97 Å². The van der Waals surface area contributed by atoms with E-state index in [0.29, 0.717) is 17.2 Å². The molecule has 0 aliphatic heterocycles. The number of rotatable bonds is 6. The Kier molecular flexibility index (Phi) is 4.92. The number of halogens is 1. The van der Waals surface area contributed by atoms with Crippen molar-refractivity contribution in [3.8, 4) is 11.5 Å². The highest BCUT2D eigenvalue weighted by Gasteiger charge is 2.05. The van der Waals surface area contributed by atoms with Gasteiger partial charge in [-0.2, -0.15) is 0 Å².